The molecule has 1 saturated heterocycles. The van der Waals surface area contributed by atoms with Crippen LogP contribution in [0.2, 0.25) is 0 Å². The molecular formula is C7H16N2O2S2. The SMILES string of the molecule is CCNS(=O)(=O)CCNC1CSC1. The Labute approximate surface area is 83.9 Å². The van der Waals surface area contributed by atoms with Crippen molar-refractivity contribution >= 4 is 21.8 Å². The molecule has 0 unspecified atom stereocenters. The molecule has 0 radical (unpaired) electrons. The van der Waals surface area contributed by atoms with Gasteiger partial charge in [-0.1, -0.05) is 6.92 Å². The summed E-state index contributed by atoms with van der Waals surface area (Å²) in [6, 6.07) is 0.529. The minimum absolute atomic E-state index is 0.183. The number of sulfonamides is 1. The molecule has 0 aliphatic carbocycles. The van der Waals surface area contributed by atoms with Gasteiger partial charge in [0.05, 0.1) is 5.75 Å². The largest absolute Gasteiger partial charge is 0.311 e. The monoisotopic (exact) mass is 224 g/mol. The summed E-state index contributed by atoms with van der Waals surface area (Å²) in [6.07, 6.45) is 0. The lowest BCUT2D eigenvalue weighted by Gasteiger charge is -2.25. The minimum atomic E-state index is -3.03. The molecule has 1 heterocycles. The van der Waals surface area contributed by atoms with E-state index in [0.717, 1.165) is 11.5 Å². The Balaban J connectivity index is 2.09. The number of nitrogens with one attached hydrogen (secondary N) is 2. The third kappa shape index (κ3) is 4.30. The summed E-state index contributed by atoms with van der Waals surface area (Å²) in [6.45, 7) is 2.82. The topological polar surface area (TPSA) is 58.2 Å². The first kappa shape index (κ1) is 11.3. The average Bonchev–Trinajstić information content (AvgIpc) is 1.94. The number of thioether (sulfide) groups is 1. The van der Waals surface area contributed by atoms with Crippen molar-refractivity contribution in [1.29, 1.82) is 0 Å². The quantitative estimate of drug-likeness (QED) is 0.646. The van der Waals surface area contributed by atoms with Gasteiger partial charge in [-0.2, -0.15) is 11.8 Å². The lowest BCUT2D eigenvalue weighted by Crippen LogP contribution is -2.43. The highest BCUT2D eigenvalue weighted by atomic mass is 32.2. The molecule has 6 heteroatoms. The van der Waals surface area contributed by atoms with E-state index >= 15 is 0 Å². The van der Waals surface area contributed by atoms with Crippen LogP contribution in [-0.2, 0) is 10.0 Å². The zero-order chi connectivity index (χ0) is 9.73. The second kappa shape index (κ2) is 5.19. The van der Waals surface area contributed by atoms with Crippen LogP contribution >= 0.6 is 11.8 Å². The van der Waals surface area contributed by atoms with Crippen LogP contribution in [0, 0.1) is 0 Å². The van der Waals surface area contributed by atoms with E-state index < -0.39 is 10.0 Å². The molecule has 78 valence electrons. The number of hydrogen-bond donors (Lipinski definition) is 2. The fourth-order valence-corrected chi connectivity index (χ4v) is 2.72. The maximum absolute atomic E-state index is 11.2. The molecule has 0 atom stereocenters. The van der Waals surface area contributed by atoms with E-state index in [9.17, 15) is 8.42 Å². The highest BCUT2D eigenvalue weighted by Crippen LogP contribution is 2.16. The van der Waals surface area contributed by atoms with Gasteiger partial charge in [-0.25, -0.2) is 13.1 Å². The highest BCUT2D eigenvalue weighted by molar-refractivity contribution is 8.00. The fourth-order valence-electron chi connectivity index (χ4n) is 1.04. The van der Waals surface area contributed by atoms with Crippen LogP contribution in [0.3, 0.4) is 0 Å². The molecule has 1 aliphatic rings. The smallest absolute Gasteiger partial charge is 0.212 e. The van der Waals surface area contributed by atoms with Crippen molar-refractivity contribution in [1.82, 2.24) is 10.0 Å². The van der Waals surface area contributed by atoms with Crippen molar-refractivity contribution in [3.63, 3.8) is 0 Å². The zero-order valence-corrected chi connectivity index (χ0v) is 9.38. The third-order valence-corrected chi connectivity index (χ3v) is 4.55. The van der Waals surface area contributed by atoms with E-state index in [1.165, 1.54) is 0 Å². The lowest BCUT2D eigenvalue weighted by molar-refractivity contribution is 0.567. The van der Waals surface area contributed by atoms with Crippen LogP contribution in [0.25, 0.3) is 0 Å². The Hall–Kier alpha value is 0.220. The van der Waals surface area contributed by atoms with Gasteiger partial charge in [0.25, 0.3) is 0 Å². The normalized spacial score (nSPS) is 18.5. The molecule has 0 aromatic heterocycles. The predicted octanol–water partition coefficient (Wildman–Crippen LogP) is -0.369. The van der Waals surface area contributed by atoms with Crippen LogP contribution in [0.15, 0.2) is 0 Å². The van der Waals surface area contributed by atoms with Gasteiger partial charge in [0, 0.05) is 30.6 Å². The summed E-state index contributed by atoms with van der Waals surface area (Å²) in [7, 11) is -3.03. The molecule has 1 fully saturated rings. The van der Waals surface area contributed by atoms with Crippen LogP contribution < -0.4 is 10.0 Å². The molecule has 1 aliphatic heterocycles. The standard InChI is InChI=1S/C7H16N2O2S2/c1-2-9-13(10,11)4-3-8-7-5-12-6-7/h7-9H,2-6H2,1H3. The van der Waals surface area contributed by atoms with Gasteiger partial charge in [-0.15, -0.1) is 0 Å². The van der Waals surface area contributed by atoms with Crippen molar-refractivity contribution < 1.29 is 8.42 Å². The minimum Gasteiger partial charge on any atom is -0.311 e. The Morgan fingerprint density at radius 1 is 1.46 bits per heavy atom. The van der Waals surface area contributed by atoms with Gasteiger partial charge in [-0.3, -0.25) is 0 Å². The van der Waals surface area contributed by atoms with Crippen LogP contribution in [0.5, 0.6) is 0 Å². The lowest BCUT2D eigenvalue weighted by atomic mass is 10.4. The molecular weight excluding hydrogens is 208 g/mol. The predicted molar refractivity (Wildman–Crippen MR) is 56.6 cm³/mol. The second-order valence-electron chi connectivity index (χ2n) is 3.01. The van der Waals surface area contributed by atoms with Gasteiger partial charge in [0.15, 0.2) is 0 Å². The van der Waals surface area contributed by atoms with E-state index in [1.54, 1.807) is 6.92 Å². The van der Waals surface area contributed by atoms with E-state index in [1.807, 2.05) is 11.8 Å². The first-order valence-corrected chi connectivity index (χ1v) is 7.23. The van der Waals surface area contributed by atoms with Crippen molar-refractivity contribution in [2.45, 2.75) is 13.0 Å². The van der Waals surface area contributed by atoms with Crippen molar-refractivity contribution in [3.8, 4) is 0 Å². The second-order valence-corrected chi connectivity index (χ2v) is 6.01. The van der Waals surface area contributed by atoms with E-state index in [-0.39, 0.29) is 5.75 Å². The summed E-state index contributed by atoms with van der Waals surface area (Å²) in [5.74, 6) is 2.41. The van der Waals surface area contributed by atoms with Gasteiger partial charge in [0.2, 0.25) is 10.0 Å². The Morgan fingerprint density at radius 3 is 2.62 bits per heavy atom. The Morgan fingerprint density at radius 2 is 2.15 bits per heavy atom. The molecule has 0 aromatic rings. The molecule has 0 aromatic carbocycles. The summed E-state index contributed by atoms with van der Waals surface area (Å²) < 4.78 is 24.8. The molecule has 0 bridgehead atoms. The first-order chi connectivity index (χ1) is 6.14. The summed E-state index contributed by atoms with van der Waals surface area (Å²) in [4.78, 5) is 0. The van der Waals surface area contributed by atoms with E-state index in [4.69, 9.17) is 0 Å². The van der Waals surface area contributed by atoms with Gasteiger partial charge >= 0.3 is 0 Å². The zero-order valence-electron chi connectivity index (χ0n) is 7.75. The van der Waals surface area contributed by atoms with Gasteiger partial charge < -0.3 is 5.32 Å². The summed E-state index contributed by atoms with van der Waals surface area (Å²) in [5.41, 5.74) is 0. The number of rotatable bonds is 6. The summed E-state index contributed by atoms with van der Waals surface area (Å²) >= 11 is 1.89. The third-order valence-electron chi connectivity index (χ3n) is 1.81. The Kier molecular flexibility index (Phi) is 4.51. The van der Waals surface area contributed by atoms with Crippen LogP contribution in [-0.4, -0.2) is 44.8 Å². The molecule has 1 rings (SSSR count). The molecule has 0 saturated carbocycles. The maximum atomic E-state index is 11.2. The van der Waals surface area contributed by atoms with E-state index in [2.05, 4.69) is 10.0 Å². The summed E-state index contributed by atoms with van der Waals surface area (Å²) in [5, 5.41) is 3.19. The molecule has 13 heavy (non-hydrogen) atoms. The Bertz CT molecular complexity index is 237. The van der Waals surface area contributed by atoms with Gasteiger partial charge in [-0.05, 0) is 0 Å². The maximum Gasteiger partial charge on any atom is 0.212 e. The van der Waals surface area contributed by atoms with Crippen molar-refractivity contribution in [3.05, 3.63) is 0 Å². The van der Waals surface area contributed by atoms with Gasteiger partial charge in [0.1, 0.15) is 0 Å². The van der Waals surface area contributed by atoms with Crippen molar-refractivity contribution in [2.75, 3.05) is 30.3 Å². The van der Waals surface area contributed by atoms with Crippen molar-refractivity contribution in [2.24, 2.45) is 0 Å². The average molecular weight is 224 g/mol. The number of hydrogen-bond acceptors (Lipinski definition) is 4. The van der Waals surface area contributed by atoms with Crippen LogP contribution in [0.4, 0.5) is 0 Å². The fraction of sp³-hybridized carbons (Fsp3) is 1.00. The van der Waals surface area contributed by atoms with Crippen LogP contribution in [0.1, 0.15) is 6.92 Å². The first-order valence-electron chi connectivity index (χ1n) is 4.42. The van der Waals surface area contributed by atoms with E-state index in [0.29, 0.717) is 19.1 Å². The molecule has 0 amide bonds. The molecule has 4 nitrogen and oxygen atoms in total. The highest BCUT2D eigenvalue weighted by Gasteiger charge is 2.17. The molecule has 2 N–H and O–H groups in total. The molecule has 0 spiro atoms.